The van der Waals surface area contributed by atoms with Crippen molar-refractivity contribution < 1.29 is 4.79 Å². The second-order valence-electron chi connectivity index (χ2n) is 1.35. The van der Waals surface area contributed by atoms with E-state index in [2.05, 4.69) is 16.4 Å². The van der Waals surface area contributed by atoms with Crippen LogP contribution in [0, 0.1) is 0 Å². The maximum Gasteiger partial charge on any atom is 0.236 e. The maximum atomic E-state index is 10.2. The van der Waals surface area contributed by atoms with Crippen molar-refractivity contribution in [3.63, 3.8) is 0 Å². The van der Waals surface area contributed by atoms with Gasteiger partial charge in [0.1, 0.15) is 0 Å². The zero-order valence-corrected chi connectivity index (χ0v) is 3.82. The molecule has 0 aromatic heterocycles. The molecule has 0 bridgehead atoms. The zero-order valence-electron chi connectivity index (χ0n) is 3.82. The molecule has 1 rings (SSSR count). The van der Waals surface area contributed by atoms with Crippen molar-refractivity contribution in [3.05, 3.63) is 0 Å². The molecule has 0 unspecified atom stereocenters. The number of rotatable bonds is 0. The van der Waals surface area contributed by atoms with Crippen LogP contribution in [0.3, 0.4) is 0 Å². The van der Waals surface area contributed by atoms with E-state index in [1.54, 1.807) is 0 Å². The van der Waals surface area contributed by atoms with E-state index in [-0.39, 0.29) is 5.91 Å². The Morgan fingerprint density at radius 3 is 2.71 bits per heavy atom. The monoisotopic (exact) mass is 101 g/mol. The summed E-state index contributed by atoms with van der Waals surface area (Å²) in [6.45, 7) is 0.714. The largest absolute Gasteiger partial charge is 0.278 e. The lowest BCUT2D eigenvalue weighted by molar-refractivity contribution is -0.123. The van der Waals surface area contributed by atoms with Crippen LogP contribution in [0.2, 0.25) is 0 Å². The van der Waals surface area contributed by atoms with Crippen LogP contribution in [0.4, 0.5) is 0 Å². The molecular formula is C3H7N3O. The average molecular weight is 101 g/mol. The van der Waals surface area contributed by atoms with Gasteiger partial charge < -0.3 is 0 Å². The summed E-state index contributed by atoms with van der Waals surface area (Å²) in [4.78, 5) is 10.2. The molecule has 7 heavy (non-hydrogen) atoms. The molecule has 1 amide bonds. The average Bonchev–Trinajstić information content (AvgIpc) is 1.69. The molecule has 0 aromatic rings. The van der Waals surface area contributed by atoms with Crippen molar-refractivity contribution in [1.82, 2.24) is 16.4 Å². The van der Waals surface area contributed by atoms with E-state index in [9.17, 15) is 4.79 Å². The van der Waals surface area contributed by atoms with Crippen LogP contribution in [0.25, 0.3) is 0 Å². The Morgan fingerprint density at radius 2 is 2.43 bits per heavy atom. The smallest absolute Gasteiger partial charge is 0.236 e. The van der Waals surface area contributed by atoms with Gasteiger partial charge in [-0.1, -0.05) is 0 Å². The maximum absolute atomic E-state index is 10.2. The predicted molar refractivity (Wildman–Crippen MR) is 23.9 cm³/mol. The fourth-order valence-corrected chi connectivity index (χ4v) is 0.415. The molecule has 1 fully saturated rings. The number of hydrogen-bond acceptors (Lipinski definition) is 3. The first kappa shape index (κ1) is 4.55. The first-order valence-electron chi connectivity index (χ1n) is 2.16. The predicted octanol–water partition coefficient (Wildman–Crippen LogP) is -1.48. The number of carbonyl (C=O) groups is 1. The molecule has 0 atom stereocenters. The van der Waals surface area contributed by atoms with Gasteiger partial charge in [-0.05, 0) is 0 Å². The highest BCUT2D eigenvalue weighted by atomic mass is 16.2. The van der Waals surface area contributed by atoms with Crippen LogP contribution in [0.15, 0.2) is 0 Å². The fraction of sp³-hybridized carbons (Fsp3) is 0.667. The van der Waals surface area contributed by atoms with Crippen LogP contribution >= 0.6 is 0 Å². The van der Waals surface area contributed by atoms with Gasteiger partial charge in [-0.15, -0.1) is 0 Å². The number of nitrogens with one attached hydrogen (secondary N) is 3. The quantitative estimate of drug-likeness (QED) is 0.348. The minimum absolute atomic E-state index is 0.0405. The van der Waals surface area contributed by atoms with Crippen molar-refractivity contribution in [2.24, 2.45) is 0 Å². The highest BCUT2D eigenvalue weighted by Gasteiger charge is 2.02. The van der Waals surface area contributed by atoms with Crippen molar-refractivity contribution in [2.45, 2.75) is 6.42 Å². The van der Waals surface area contributed by atoms with Gasteiger partial charge in [0.25, 0.3) is 0 Å². The van der Waals surface area contributed by atoms with Crippen LogP contribution < -0.4 is 16.4 Å². The summed E-state index contributed by atoms with van der Waals surface area (Å²) in [5, 5.41) is 0. The van der Waals surface area contributed by atoms with Gasteiger partial charge in [0, 0.05) is 13.0 Å². The Morgan fingerprint density at radius 1 is 1.57 bits per heavy atom. The number of hydrogen-bond donors (Lipinski definition) is 3. The summed E-state index contributed by atoms with van der Waals surface area (Å²) in [5.41, 5.74) is 7.60. The second kappa shape index (κ2) is 1.90. The number of hydrazine groups is 2. The Balaban J connectivity index is 2.25. The molecule has 4 nitrogen and oxygen atoms in total. The number of amides is 1. The molecule has 1 aliphatic heterocycles. The third-order valence-corrected chi connectivity index (χ3v) is 0.767. The minimum Gasteiger partial charge on any atom is -0.278 e. The molecule has 0 saturated carbocycles. The summed E-state index contributed by atoms with van der Waals surface area (Å²) in [6, 6.07) is 0. The van der Waals surface area contributed by atoms with Gasteiger partial charge in [-0.3, -0.25) is 10.2 Å². The van der Waals surface area contributed by atoms with E-state index in [0.717, 1.165) is 0 Å². The Bertz CT molecular complexity index is 74.2. The van der Waals surface area contributed by atoms with Crippen LogP contribution in [-0.2, 0) is 4.79 Å². The summed E-state index contributed by atoms with van der Waals surface area (Å²) >= 11 is 0. The van der Waals surface area contributed by atoms with Crippen LogP contribution in [-0.4, -0.2) is 12.5 Å². The molecule has 3 N–H and O–H groups in total. The van der Waals surface area contributed by atoms with Crippen molar-refractivity contribution in [1.29, 1.82) is 0 Å². The highest BCUT2D eigenvalue weighted by molar-refractivity contribution is 5.75. The van der Waals surface area contributed by atoms with E-state index >= 15 is 0 Å². The summed E-state index contributed by atoms with van der Waals surface area (Å²) in [5.74, 6) is 0.0405. The first-order valence-corrected chi connectivity index (χ1v) is 2.16. The lowest BCUT2D eigenvalue weighted by atomic mass is 10.4. The van der Waals surface area contributed by atoms with Gasteiger partial charge >= 0.3 is 0 Å². The normalized spacial score (nSPS) is 21.4. The second-order valence-corrected chi connectivity index (χ2v) is 1.35. The molecule has 0 radical (unpaired) electrons. The summed E-state index contributed by atoms with van der Waals surface area (Å²) in [7, 11) is 0. The first-order chi connectivity index (χ1) is 3.39. The minimum atomic E-state index is 0.0405. The molecule has 1 aliphatic rings. The van der Waals surface area contributed by atoms with Gasteiger partial charge in [0.2, 0.25) is 5.91 Å². The van der Waals surface area contributed by atoms with Crippen molar-refractivity contribution in [2.75, 3.05) is 6.54 Å². The van der Waals surface area contributed by atoms with Gasteiger partial charge in [-0.25, -0.2) is 5.43 Å². The lowest BCUT2D eigenvalue weighted by Gasteiger charge is -2.12. The van der Waals surface area contributed by atoms with Crippen molar-refractivity contribution >= 4 is 5.91 Å². The summed E-state index contributed by atoms with van der Waals surface area (Å²) in [6.07, 6.45) is 0.562. The lowest BCUT2D eigenvalue weighted by Crippen LogP contribution is -2.52. The van der Waals surface area contributed by atoms with Gasteiger partial charge in [-0.2, -0.15) is 5.53 Å². The standard InChI is InChI=1S/C3H7N3O/c7-3-1-2-4-6-5-3/h4,6H,1-2H2,(H,5,7). The van der Waals surface area contributed by atoms with E-state index in [4.69, 9.17) is 0 Å². The van der Waals surface area contributed by atoms with Crippen LogP contribution in [0.5, 0.6) is 0 Å². The Kier molecular flexibility index (Phi) is 1.24. The number of carbonyl (C=O) groups excluding carboxylic acids is 1. The molecule has 0 aromatic carbocycles. The molecule has 1 heterocycles. The third kappa shape index (κ3) is 1.13. The Hall–Kier alpha value is -0.610. The van der Waals surface area contributed by atoms with Gasteiger partial charge in [0.15, 0.2) is 0 Å². The molecule has 0 spiro atoms. The highest BCUT2D eigenvalue weighted by Crippen LogP contribution is 1.75. The van der Waals surface area contributed by atoms with E-state index in [0.29, 0.717) is 13.0 Å². The van der Waals surface area contributed by atoms with Crippen molar-refractivity contribution in [3.8, 4) is 0 Å². The van der Waals surface area contributed by atoms with E-state index < -0.39 is 0 Å². The topological polar surface area (TPSA) is 53.2 Å². The van der Waals surface area contributed by atoms with Gasteiger partial charge in [0.05, 0.1) is 0 Å². The SMILES string of the molecule is O=C1CCNNN1. The van der Waals surface area contributed by atoms with E-state index in [1.807, 2.05) is 0 Å². The third-order valence-electron chi connectivity index (χ3n) is 0.767. The zero-order chi connectivity index (χ0) is 5.11. The van der Waals surface area contributed by atoms with Crippen LogP contribution in [0.1, 0.15) is 6.42 Å². The van der Waals surface area contributed by atoms with E-state index in [1.165, 1.54) is 0 Å². The molecule has 40 valence electrons. The molecular weight excluding hydrogens is 94.1 g/mol. The molecule has 1 saturated heterocycles. The molecule has 0 aliphatic carbocycles. The summed E-state index contributed by atoms with van der Waals surface area (Å²) < 4.78 is 0. The molecule has 4 heteroatoms. The fourth-order valence-electron chi connectivity index (χ4n) is 0.415. The Labute approximate surface area is 41.2 Å².